The van der Waals surface area contributed by atoms with Crippen LogP contribution in [0.25, 0.3) is 5.69 Å². The number of nitrogens with one attached hydrogen (secondary N) is 1. The lowest BCUT2D eigenvalue weighted by Crippen LogP contribution is -2.30. The predicted molar refractivity (Wildman–Crippen MR) is 109 cm³/mol. The summed E-state index contributed by atoms with van der Waals surface area (Å²) >= 11 is 1.55. The van der Waals surface area contributed by atoms with Crippen molar-refractivity contribution in [3.8, 4) is 5.69 Å². The average molecular weight is 410 g/mol. The summed E-state index contributed by atoms with van der Waals surface area (Å²) in [5.74, 6) is 1.74. The number of nitrogens with zero attached hydrogens (tertiary/aromatic N) is 4. The van der Waals surface area contributed by atoms with Crippen molar-refractivity contribution in [3.05, 3.63) is 36.2 Å². The Morgan fingerprint density at radius 2 is 1.85 bits per heavy atom. The second-order valence-electron chi connectivity index (χ2n) is 6.63. The molecular weight excluding hydrogens is 382 g/mol. The number of thioether (sulfide) groups is 1. The number of benzene rings is 1. The van der Waals surface area contributed by atoms with Crippen LogP contribution in [-0.2, 0) is 16.6 Å². The highest BCUT2D eigenvalue weighted by molar-refractivity contribution is 7.99. The van der Waals surface area contributed by atoms with Crippen LogP contribution in [0.1, 0.15) is 31.5 Å². The maximum Gasteiger partial charge on any atom is 0.211 e. The van der Waals surface area contributed by atoms with Crippen LogP contribution in [0.3, 0.4) is 0 Å². The van der Waals surface area contributed by atoms with Gasteiger partial charge in [0, 0.05) is 11.4 Å². The standard InChI is InChI=1S/C18H27N5O2S2/c1-19-27(24,25)14-8-13-26-18-21-20-17(15-22-11-6-3-7-12-22)23(18)16-9-4-2-5-10-16/h2,4-5,9-10,19H,3,6-8,11-15H2,1H3. The Labute approximate surface area is 165 Å². The van der Waals surface area contributed by atoms with Crippen LogP contribution in [0.5, 0.6) is 0 Å². The molecule has 1 aromatic carbocycles. The summed E-state index contributed by atoms with van der Waals surface area (Å²) in [4.78, 5) is 2.43. The minimum absolute atomic E-state index is 0.122. The van der Waals surface area contributed by atoms with Gasteiger partial charge in [-0.2, -0.15) is 0 Å². The highest BCUT2D eigenvalue weighted by Gasteiger charge is 2.18. The van der Waals surface area contributed by atoms with Crippen LogP contribution < -0.4 is 4.72 Å². The summed E-state index contributed by atoms with van der Waals surface area (Å²) in [7, 11) is -1.72. The molecule has 1 aliphatic rings. The van der Waals surface area contributed by atoms with Gasteiger partial charge in [-0.1, -0.05) is 36.4 Å². The molecule has 0 atom stereocenters. The minimum atomic E-state index is -3.16. The topological polar surface area (TPSA) is 80.1 Å². The lowest BCUT2D eigenvalue weighted by molar-refractivity contribution is 0.214. The number of sulfonamides is 1. The van der Waals surface area contributed by atoms with Gasteiger partial charge >= 0.3 is 0 Å². The van der Waals surface area contributed by atoms with Crippen molar-refractivity contribution in [2.45, 2.75) is 37.4 Å². The van der Waals surface area contributed by atoms with E-state index in [9.17, 15) is 8.42 Å². The highest BCUT2D eigenvalue weighted by atomic mass is 32.2. The molecule has 9 heteroatoms. The van der Waals surface area contributed by atoms with Crippen molar-refractivity contribution in [3.63, 3.8) is 0 Å². The summed E-state index contributed by atoms with van der Waals surface area (Å²) in [6.45, 7) is 2.99. The first-order valence-corrected chi connectivity index (χ1v) is 12.0. The summed E-state index contributed by atoms with van der Waals surface area (Å²) in [6, 6.07) is 10.1. The van der Waals surface area contributed by atoms with E-state index in [0.717, 1.165) is 36.3 Å². The monoisotopic (exact) mass is 409 g/mol. The number of rotatable bonds is 9. The van der Waals surface area contributed by atoms with E-state index in [2.05, 4.69) is 36.5 Å². The van der Waals surface area contributed by atoms with E-state index < -0.39 is 10.0 Å². The second kappa shape index (κ2) is 9.68. The molecule has 0 saturated carbocycles. The molecule has 1 N–H and O–H groups in total. The van der Waals surface area contributed by atoms with E-state index in [0.29, 0.717) is 12.2 Å². The first kappa shape index (κ1) is 20.3. The van der Waals surface area contributed by atoms with Gasteiger partial charge < -0.3 is 0 Å². The minimum Gasteiger partial charge on any atom is -0.296 e. The van der Waals surface area contributed by atoms with Crippen molar-refractivity contribution >= 4 is 21.8 Å². The maximum absolute atomic E-state index is 11.6. The van der Waals surface area contributed by atoms with Gasteiger partial charge in [0.25, 0.3) is 0 Å². The lowest BCUT2D eigenvalue weighted by atomic mass is 10.1. The Kier molecular flexibility index (Phi) is 7.28. The molecular formula is C18H27N5O2S2. The zero-order valence-electron chi connectivity index (χ0n) is 15.7. The number of hydrogen-bond acceptors (Lipinski definition) is 6. The van der Waals surface area contributed by atoms with Gasteiger partial charge in [-0.15, -0.1) is 10.2 Å². The van der Waals surface area contributed by atoms with Crippen molar-refractivity contribution in [1.82, 2.24) is 24.4 Å². The zero-order valence-corrected chi connectivity index (χ0v) is 17.3. The van der Waals surface area contributed by atoms with E-state index in [-0.39, 0.29) is 5.75 Å². The molecule has 2 aromatic rings. The van der Waals surface area contributed by atoms with Crippen LogP contribution in [0, 0.1) is 0 Å². The Balaban J connectivity index is 1.73. The molecule has 0 radical (unpaired) electrons. The first-order valence-electron chi connectivity index (χ1n) is 9.35. The van der Waals surface area contributed by atoms with Gasteiger partial charge in [-0.3, -0.25) is 9.47 Å². The summed E-state index contributed by atoms with van der Waals surface area (Å²) in [5, 5.41) is 9.66. The third kappa shape index (κ3) is 5.78. The van der Waals surface area contributed by atoms with Crippen molar-refractivity contribution in [1.29, 1.82) is 0 Å². The Morgan fingerprint density at radius 3 is 2.56 bits per heavy atom. The number of para-hydroxylation sites is 1. The fourth-order valence-corrected chi connectivity index (χ4v) is 4.99. The molecule has 7 nitrogen and oxygen atoms in total. The molecule has 0 spiro atoms. The van der Waals surface area contributed by atoms with E-state index in [4.69, 9.17) is 0 Å². The van der Waals surface area contributed by atoms with Gasteiger partial charge in [0.15, 0.2) is 11.0 Å². The SMILES string of the molecule is CNS(=O)(=O)CCCSc1nnc(CN2CCCCC2)n1-c1ccccc1. The summed E-state index contributed by atoms with van der Waals surface area (Å²) < 4.78 is 27.6. The smallest absolute Gasteiger partial charge is 0.211 e. The molecule has 0 aliphatic carbocycles. The molecule has 2 heterocycles. The van der Waals surface area contributed by atoms with E-state index in [1.165, 1.54) is 26.3 Å². The number of piperidine rings is 1. The summed E-state index contributed by atoms with van der Waals surface area (Å²) in [6.07, 6.45) is 4.34. The Hall–Kier alpha value is -1.42. The van der Waals surface area contributed by atoms with Crippen LogP contribution in [0.15, 0.2) is 35.5 Å². The summed E-state index contributed by atoms with van der Waals surface area (Å²) in [5.41, 5.74) is 1.04. The predicted octanol–water partition coefficient (Wildman–Crippen LogP) is 2.28. The Morgan fingerprint density at radius 1 is 1.11 bits per heavy atom. The number of hydrogen-bond donors (Lipinski definition) is 1. The van der Waals surface area contributed by atoms with Gasteiger partial charge in [-0.05, 0) is 51.5 Å². The second-order valence-corrected chi connectivity index (χ2v) is 9.74. The maximum atomic E-state index is 11.6. The first-order chi connectivity index (χ1) is 13.1. The van der Waals surface area contributed by atoms with Crippen LogP contribution in [0.4, 0.5) is 0 Å². The fraction of sp³-hybridized carbons (Fsp3) is 0.556. The molecule has 1 aliphatic heterocycles. The fourth-order valence-electron chi connectivity index (χ4n) is 3.16. The van der Waals surface area contributed by atoms with E-state index in [1.54, 1.807) is 11.8 Å². The molecule has 148 valence electrons. The van der Waals surface area contributed by atoms with Gasteiger partial charge in [0.05, 0.1) is 12.3 Å². The van der Waals surface area contributed by atoms with Crippen LogP contribution >= 0.6 is 11.8 Å². The van der Waals surface area contributed by atoms with Crippen molar-refractivity contribution < 1.29 is 8.42 Å². The van der Waals surface area contributed by atoms with E-state index >= 15 is 0 Å². The number of likely N-dealkylation sites (tertiary alicyclic amines) is 1. The molecule has 27 heavy (non-hydrogen) atoms. The average Bonchev–Trinajstić information content (AvgIpc) is 3.09. The Bertz CT molecular complexity index is 818. The third-order valence-corrected chi connectivity index (χ3v) is 7.09. The van der Waals surface area contributed by atoms with Gasteiger partial charge in [0.2, 0.25) is 10.0 Å². The lowest BCUT2D eigenvalue weighted by Gasteiger charge is -2.26. The van der Waals surface area contributed by atoms with Crippen LogP contribution in [0.2, 0.25) is 0 Å². The largest absolute Gasteiger partial charge is 0.296 e. The number of aromatic nitrogens is 3. The molecule has 0 amide bonds. The molecule has 1 aromatic heterocycles. The van der Waals surface area contributed by atoms with Gasteiger partial charge in [-0.25, -0.2) is 13.1 Å². The highest BCUT2D eigenvalue weighted by Crippen LogP contribution is 2.24. The quantitative estimate of drug-likeness (QED) is 0.506. The van der Waals surface area contributed by atoms with Gasteiger partial charge in [0.1, 0.15) is 0 Å². The van der Waals surface area contributed by atoms with Crippen molar-refractivity contribution in [2.75, 3.05) is 31.6 Å². The molecule has 0 unspecified atom stereocenters. The van der Waals surface area contributed by atoms with Crippen LogP contribution in [-0.4, -0.2) is 59.7 Å². The third-order valence-electron chi connectivity index (χ3n) is 4.63. The molecule has 1 saturated heterocycles. The molecule has 3 rings (SSSR count). The zero-order chi connectivity index (χ0) is 19.1. The molecule has 1 fully saturated rings. The van der Waals surface area contributed by atoms with E-state index in [1.807, 2.05) is 18.2 Å². The van der Waals surface area contributed by atoms with Crippen molar-refractivity contribution in [2.24, 2.45) is 0 Å². The normalized spacial score (nSPS) is 15.9. The molecule has 0 bridgehead atoms.